The van der Waals surface area contributed by atoms with Crippen molar-refractivity contribution >= 4 is 0 Å². The van der Waals surface area contributed by atoms with Gasteiger partial charge in [-0.1, -0.05) is 0 Å². The van der Waals surface area contributed by atoms with Crippen molar-refractivity contribution in [3.05, 3.63) is 11.8 Å². The summed E-state index contributed by atoms with van der Waals surface area (Å²) in [6, 6.07) is 0. The summed E-state index contributed by atoms with van der Waals surface area (Å²) in [5.41, 5.74) is 0. The second-order valence-corrected chi connectivity index (χ2v) is 10.9. The van der Waals surface area contributed by atoms with Gasteiger partial charge in [0.05, 0.1) is 0 Å². The fraction of sp³-hybridized carbons (Fsp3) is 0.909. The maximum atomic E-state index is 6.51. The van der Waals surface area contributed by atoms with Crippen LogP contribution in [0.25, 0.3) is 0 Å². The summed E-state index contributed by atoms with van der Waals surface area (Å²) in [6.07, 6.45) is 14.5. The Morgan fingerprint density at radius 2 is 0.800 bits per heavy atom. The Kier molecular flexibility index (Phi) is 2.79. The van der Waals surface area contributed by atoms with Crippen LogP contribution in [0.1, 0.15) is 87.8 Å². The van der Waals surface area contributed by atoms with Crippen LogP contribution < -0.4 is 0 Å². The molecule has 9 rings (SSSR count). The molecule has 0 spiro atoms. The van der Waals surface area contributed by atoms with Gasteiger partial charge in [0.25, 0.3) is 0 Å². The highest BCUT2D eigenvalue weighted by Gasteiger charge is 2.53. The smallest absolute Gasteiger partial charge is 0.220 e. The van der Waals surface area contributed by atoms with Gasteiger partial charge in [-0.05, 0) is 112 Å². The maximum absolute atomic E-state index is 6.51. The second-order valence-electron chi connectivity index (χ2n) is 10.9. The summed E-state index contributed by atoms with van der Waals surface area (Å²) in [4.78, 5) is 0. The Balaban J connectivity index is 1.19. The number of rotatable bonds is 2. The molecule has 0 saturated heterocycles. The van der Waals surface area contributed by atoms with E-state index in [0.29, 0.717) is 11.8 Å². The molecule has 3 heteroatoms. The van der Waals surface area contributed by atoms with E-state index in [2.05, 4.69) is 10.2 Å². The molecule has 1 heterocycles. The van der Waals surface area contributed by atoms with E-state index in [9.17, 15) is 0 Å². The average Bonchev–Trinajstić information content (AvgIpc) is 3.02. The third-order valence-electron chi connectivity index (χ3n) is 9.48. The van der Waals surface area contributed by atoms with E-state index in [0.717, 1.165) is 59.1 Å². The standard InChI is InChI=1S/C22H30N2O/c1-11-3-15-5-12(1)6-16(4-11)19(15)21-23-24-22(25-21)20-17-7-13-2-14(9-17)10-18(20)8-13/h11-20H,1-10H2. The van der Waals surface area contributed by atoms with Gasteiger partial charge in [-0.2, -0.15) is 0 Å². The van der Waals surface area contributed by atoms with Crippen LogP contribution in [0.2, 0.25) is 0 Å². The van der Waals surface area contributed by atoms with E-state index in [1.165, 1.54) is 64.2 Å². The van der Waals surface area contributed by atoms with Crippen molar-refractivity contribution in [1.29, 1.82) is 0 Å². The fourth-order valence-corrected chi connectivity index (χ4v) is 9.17. The summed E-state index contributed by atoms with van der Waals surface area (Å²) in [6.45, 7) is 0. The summed E-state index contributed by atoms with van der Waals surface area (Å²) < 4.78 is 6.51. The van der Waals surface area contributed by atoms with Gasteiger partial charge >= 0.3 is 0 Å². The van der Waals surface area contributed by atoms with E-state index < -0.39 is 0 Å². The zero-order chi connectivity index (χ0) is 16.1. The molecular weight excluding hydrogens is 308 g/mol. The van der Waals surface area contributed by atoms with Crippen molar-refractivity contribution in [2.45, 2.75) is 76.0 Å². The summed E-state index contributed by atoms with van der Waals surface area (Å²) in [5.74, 6) is 10.8. The Morgan fingerprint density at radius 1 is 0.480 bits per heavy atom. The third-order valence-corrected chi connectivity index (χ3v) is 9.48. The van der Waals surface area contributed by atoms with Gasteiger partial charge in [-0.15, -0.1) is 10.2 Å². The molecule has 8 aliphatic carbocycles. The highest BCUT2D eigenvalue weighted by Crippen LogP contribution is 2.61. The van der Waals surface area contributed by atoms with Crippen LogP contribution in [0.5, 0.6) is 0 Å². The number of hydrogen-bond donors (Lipinski definition) is 0. The van der Waals surface area contributed by atoms with Crippen LogP contribution in [0.15, 0.2) is 4.42 Å². The molecule has 0 N–H and O–H groups in total. The van der Waals surface area contributed by atoms with Gasteiger partial charge in [-0.3, -0.25) is 0 Å². The molecule has 0 unspecified atom stereocenters. The Bertz CT molecular complexity index is 581. The largest absolute Gasteiger partial charge is 0.425 e. The first-order valence-corrected chi connectivity index (χ1v) is 11.1. The van der Waals surface area contributed by atoms with Crippen molar-refractivity contribution in [3.63, 3.8) is 0 Å². The third kappa shape index (κ3) is 1.99. The van der Waals surface area contributed by atoms with Crippen LogP contribution in [0, 0.1) is 47.3 Å². The van der Waals surface area contributed by atoms with Crippen molar-refractivity contribution in [3.8, 4) is 0 Å². The molecule has 0 aliphatic heterocycles. The van der Waals surface area contributed by atoms with Crippen LogP contribution in [0.3, 0.4) is 0 Å². The minimum atomic E-state index is 0.603. The quantitative estimate of drug-likeness (QED) is 0.748. The first-order chi connectivity index (χ1) is 12.3. The fourth-order valence-electron chi connectivity index (χ4n) is 9.17. The van der Waals surface area contributed by atoms with Crippen molar-refractivity contribution in [1.82, 2.24) is 10.2 Å². The minimum Gasteiger partial charge on any atom is -0.425 e. The van der Waals surface area contributed by atoms with Gasteiger partial charge in [-0.25, -0.2) is 0 Å². The Labute approximate surface area is 150 Å². The molecule has 3 nitrogen and oxygen atoms in total. The molecule has 1 aromatic rings. The lowest BCUT2D eigenvalue weighted by molar-refractivity contribution is -0.0196. The topological polar surface area (TPSA) is 38.9 Å². The predicted octanol–water partition coefficient (Wildman–Crippen LogP) is 5.15. The Morgan fingerprint density at radius 3 is 1.12 bits per heavy atom. The molecule has 1 aromatic heterocycles. The van der Waals surface area contributed by atoms with Crippen molar-refractivity contribution in [2.75, 3.05) is 0 Å². The monoisotopic (exact) mass is 338 g/mol. The number of aromatic nitrogens is 2. The zero-order valence-corrected chi connectivity index (χ0v) is 15.1. The highest BCUT2D eigenvalue weighted by molar-refractivity contribution is 5.12. The highest BCUT2D eigenvalue weighted by atomic mass is 16.4. The molecule has 0 radical (unpaired) electrons. The normalized spacial score (nSPS) is 55.2. The van der Waals surface area contributed by atoms with E-state index >= 15 is 0 Å². The van der Waals surface area contributed by atoms with Crippen LogP contribution in [-0.4, -0.2) is 10.2 Å². The first-order valence-electron chi connectivity index (χ1n) is 11.1. The van der Waals surface area contributed by atoms with Gasteiger partial charge < -0.3 is 4.42 Å². The van der Waals surface area contributed by atoms with E-state index in [1.807, 2.05) is 0 Å². The lowest BCUT2D eigenvalue weighted by atomic mass is 9.51. The molecule has 0 aromatic carbocycles. The summed E-state index contributed by atoms with van der Waals surface area (Å²) in [7, 11) is 0. The van der Waals surface area contributed by atoms with E-state index in [-0.39, 0.29) is 0 Å². The predicted molar refractivity (Wildman–Crippen MR) is 93.9 cm³/mol. The van der Waals surface area contributed by atoms with Crippen molar-refractivity contribution in [2.24, 2.45) is 47.3 Å². The molecule has 8 fully saturated rings. The number of hydrogen-bond acceptors (Lipinski definition) is 3. The molecule has 134 valence electrons. The van der Waals surface area contributed by atoms with Crippen LogP contribution in [0.4, 0.5) is 0 Å². The average molecular weight is 338 g/mol. The molecule has 8 aliphatic rings. The SMILES string of the molecule is C1C2CC3CC1CC(C2)C3c1nnc(C2C3CC4CC(C3)CC2C4)o1. The minimum absolute atomic E-state index is 0.603. The lowest BCUT2D eigenvalue weighted by Gasteiger charge is -2.53. The molecule has 8 bridgehead atoms. The molecular formula is C22H30N2O. The van der Waals surface area contributed by atoms with Crippen molar-refractivity contribution < 1.29 is 4.42 Å². The molecule has 25 heavy (non-hydrogen) atoms. The number of nitrogens with zero attached hydrogens (tertiary/aromatic N) is 2. The van der Waals surface area contributed by atoms with E-state index in [1.54, 1.807) is 0 Å². The Hall–Kier alpha value is -0.860. The summed E-state index contributed by atoms with van der Waals surface area (Å²) in [5, 5.41) is 9.36. The zero-order valence-electron chi connectivity index (χ0n) is 15.1. The first kappa shape index (κ1) is 14.2. The molecule has 8 saturated carbocycles. The van der Waals surface area contributed by atoms with Crippen LogP contribution in [-0.2, 0) is 0 Å². The van der Waals surface area contributed by atoms with E-state index in [4.69, 9.17) is 4.42 Å². The van der Waals surface area contributed by atoms with Crippen LogP contribution >= 0.6 is 0 Å². The van der Waals surface area contributed by atoms with Gasteiger partial charge in [0.1, 0.15) is 0 Å². The van der Waals surface area contributed by atoms with Gasteiger partial charge in [0, 0.05) is 11.8 Å². The van der Waals surface area contributed by atoms with Gasteiger partial charge in [0.15, 0.2) is 0 Å². The summed E-state index contributed by atoms with van der Waals surface area (Å²) >= 11 is 0. The second kappa shape index (κ2) is 4.89. The molecule has 0 atom stereocenters. The van der Waals surface area contributed by atoms with Gasteiger partial charge in [0.2, 0.25) is 11.8 Å². The molecule has 0 amide bonds. The lowest BCUT2D eigenvalue weighted by Crippen LogP contribution is -2.44. The maximum Gasteiger partial charge on any atom is 0.220 e.